The van der Waals surface area contributed by atoms with Crippen LogP contribution in [0.3, 0.4) is 0 Å². The van der Waals surface area contributed by atoms with E-state index >= 15 is 0 Å². The van der Waals surface area contributed by atoms with Crippen molar-refractivity contribution in [1.82, 2.24) is 9.88 Å². The third-order valence-corrected chi connectivity index (χ3v) is 3.76. The van der Waals surface area contributed by atoms with Crippen LogP contribution in [0.25, 0.3) is 10.9 Å². The summed E-state index contributed by atoms with van der Waals surface area (Å²) in [5, 5.41) is 1.30. The highest BCUT2D eigenvalue weighted by Crippen LogP contribution is 2.20. The summed E-state index contributed by atoms with van der Waals surface area (Å²) < 4.78 is 0. The lowest BCUT2D eigenvalue weighted by atomic mass is 10.1. The highest BCUT2D eigenvalue weighted by atomic mass is 15.1. The number of benzene rings is 2. The van der Waals surface area contributed by atoms with Gasteiger partial charge in [0.05, 0.1) is 0 Å². The van der Waals surface area contributed by atoms with Crippen LogP contribution in [0, 0.1) is 0 Å². The molecule has 0 fully saturated rings. The van der Waals surface area contributed by atoms with Gasteiger partial charge in [0.25, 0.3) is 0 Å². The number of hydrogen-bond acceptors (Lipinski definition) is 2. The van der Waals surface area contributed by atoms with Crippen molar-refractivity contribution >= 4 is 10.9 Å². The number of para-hydroxylation sites is 1. The van der Waals surface area contributed by atoms with Gasteiger partial charge in [0, 0.05) is 43.3 Å². The highest BCUT2D eigenvalue weighted by molar-refractivity contribution is 5.82. The first kappa shape index (κ1) is 13.9. The molecule has 0 bridgehead atoms. The predicted octanol–water partition coefficient (Wildman–Crippen LogP) is 3.13. The van der Waals surface area contributed by atoms with Crippen molar-refractivity contribution in [3.05, 3.63) is 71.9 Å². The number of aromatic amines is 1. The van der Waals surface area contributed by atoms with Crippen molar-refractivity contribution < 1.29 is 0 Å². The minimum absolute atomic E-state index is 0.676. The number of nitrogens with two attached hydrogens (primary N) is 1. The van der Waals surface area contributed by atoms with Crippen molar-refractivity contribution in [1.29, 1.82) is 0 Å². The standard InChI is InChI=1S/C18H21N3/c19-10-11-21(13-15-6-2-1-3-7-15)14-16-12-20-18-9-5-4-8-17(16)18/h1-9,12,20H,10-11,13-14,19H2. The largest absolute Gasteiger partial charge is 0.361 e. The maximum Gasteiger partial charge on any atom is 0.0457 e. The molecule has 0 spiro atoms. The predicted molar refractivity (Wildman–Crippen MR) is 87.9 cm³/mol. The van der Waals surface area contributed by atoms with Gasteiger partial charge in [-0.25, -0.2) is 0 Å². The molecule has 0 saturated heterocycles. The van der Waals surface area contributed by atoms with Crippen LogP contribution in [0.5, 0.6) is 0 Å². The summed E-state index contributed by atoms with van der Waals surface area (Å²) in [5.41, 5.74) is 9.62. The molecular formula is C18H21N3. The van der Waals surface area contributed by atoms with Gasteiger partial charge in [-0.15, -0.1) is 0 Å². The molecule has 3 heteroatoms. The van der Waals surface area contributed by atoms with Gasteiger partial charge in [-0.1, -0.05) is 48.5 Å². The van der Waals surface area contributed by atoms with Crippen LogP contribution >= 0.6 is 0 Å². The van der Waals surface area contributed by atoms with Crippen LogP contribution in [0.4, 0.5) is 0 Å². The molecule has 108 valence electrons. The van der Waals surface area contributed by atoms with Crippen LogP contribution in [0.1, 0.15) is 11.1 Å². The number of aromatic nitrogens is 1. The smallest absolute Gasteiger partial charge is 0.0457 e. The molecule has 3 N–H and O–H groups in total. The summed E-state index contributed by atoms with van der Waals surface area (Å²) >= 11 is 0. The first-order valence-electron chi connectivity index (χ1n) is 7.38. The van der Waals surface area contributed by atoms with Gasteiger partial charge in [-0.3, -0.25) is 4.90 Å². The molecule has 0 unspecified atom stereocenters. The molecule has 2 aromatic carbocycles. The molecule has 3 rings (SSSR count). The molecule has 0 amide bonds. The Labute approximate surface area is 125 Å². The van der Waals surface area contributed by atoms with Gasteiger partial charge in [-0.05, 0) is 17.2 Å². The molecule has 0 aliphatic heterocycles. The van der Waals surface area contributed by atoms with Crippen LogP contribution in [-0.2, 0) is 13.1 Å². The fraction of sp³-hybridized carbons (Fsp3) is 0.222. The van der Waals surface area contributed by atoms with Crippen molar-refractivity contribution in [2.24, 2.45) is 5.73 Å². The van der Waals surface area contributed by atoms with Gasteiger partial charge in [0.2, 0.25) is 0 Å². The minimum atomic E-state index is 0.676. The van der Waals surface area contributed by atoms with Gasteiger partial charge in [-0.2, -0.15) is 0 Å². The van der Waals surface area contributed by atoms with E-state index < -0.39 is 0 Å². The third kappa shape index (κ3) is 3.32. The van der Waals surface area contributed by atoms with E-state index in [1.165, 1.54) is 22.0 Å². The van der Waals surface area contributed by atoms with E-state index in [2.05, 4.69) is 70.7 Å². The Morgan fingerprint density at radius 1 is 0.905 bits per heavy atom. The van der Waals surface area contributed by atoms with Gasteiger partial charge in [0.1, 0.15) is 0 Å². The van der Waals surface area contributed by atoms with Crippen molar-refractivity contribution in [2.75, 3.05) is 13.1 Å². The number of fused-ring (bicyclic) bond motifs is 1. The maximum absolute atomic E-state index is 5.78. The summed E-state index contributed by atoms with van der Waals surface area (Å²) in [4.78, 5) is 5.74. The average molecular weight is 279 g/mol. The second-order valence-corrected chi connectivity index (χ2v) is 5.34. The average Bonchev–Trinajstić information content (AvgIpc) is 2.92. The molecule has 0 radical (unpaired) electrons. The number of nitrogens with one attached hydrogen (secondary N) is 1. The van der Waals surface area contributed by atoms with Gasteiger partial charge in [0.15, 0.2) is 0 Å². The molecule has 21 heavy (non-hydrogen) atoms. The summed E-state index contributed by atoms with van der Waals surface area (Å²) in [6, 6.07) is 19.0. The Balaban J connectivity index is 1.78. The Hall–Kier alpha value is -2.10. The highest BCUT2D eigenvalue weighted by Gasteiger charge is 2.09. The fourth-order valence-electron chi connectivity index (χ4n) is 2.74. The van der Waals surface area contributed by atoms with Gasteiger partial charge < -0.3 is 10.7 Å². The van der Waals surface area contributed by atoms with Gasteiger partial charge >= 0.3 is 0 Å². The zero-order valence-corrected chi connectivity index (χ0v) is 12.1. The van der Waals surface area contributed by atoms with E-state index in [0.29, 0.717) is 6.54 Å². The zero-order chi connectivity index (χ0) is 14.5. The number of rotatable bonds is 6. The second kappa shape index (κ2) is 6.57. The number of hydrogen-bond donors (Lipinski definition) is 2. The van der Waals surface area contributed by atoms with Crippen LogP contribution in [-0.4, -0.2) is 23.0 Å². The summed E-state index contributed by atoms with van der Waals surface area (Å²) in [7, 11) is 0. The Morgan fingerprint density at radius 3 is 2.48 bits per heavy atom. The lowest BCUT2D eigenvalue weighted by Crippen LogP contribution is -2.28. The Kier molecular flexibility index (Phi) is 4.34. The lowest BCUT2D eigenvalue weighted by Gasteiger charge is -2.21. The molecule has 0 atom stereocenters. The molecular weight excluding hydrogens is 258 g/mol. The van der Waals surface area contributed by atoms with E-state index in [-0.39, 0.29) is 0 Å². The van der Waals surface area contributed by atoms with E-state index in [1.54, 1.807) is 0 Å². The minimum Gasteiger partial charge on any atom is -0.361 e. The quantitative estimate of drug-likeness (QED) is 0.728. The molecule has 0 aliphatic rings. The first-order valence-corrected chi connectivity index (χ1v) is 7.38. The topological polar surface area (TPSA) is 45.0 Å². The molecule has 0 saturated carbocycles. The van der Waals surface area contributed by atoms with Crippen molar-refractivity contribution in [3.63, 3.8) is 0 Å². The van der Waals surface area contributed by atoms with Crippen LogP contribution < -0.4 is 5.73 Å². The molecule has 3 nitrogen and oxygen atoms in total. The Morgan fingerprint density at radius 2 is 1.67 bits per heavy atom. The zero-order valence-electron chi connectivity index (χ0n) is 12.1. The normalized spacial score (nSPS) is 11.3. The SMILES string of the molecule is NCCN(Cc1ccccc1)Cc1c[nH]c2ccccc12. The Bertz CT molecular complexity index is 688. The van der Waals surface area contributed by atoms with E-state index in [9.17, 15) is 0 Å². The molecule has 1 heterocycles. The number of H-pyrrole nitrogens is 1. The lowest BCUT2D eigenvalue weighted by molar-refractivity contribution is 0.265. The second-order valence-electron chi connectivity index (χ2n) is 5.34. The van der Waals surface area contributed by atoms with Crippen molar-refractivity contribution in [3.8, 4) is 0 Å². The fourth-order valence-corrected chi connectivity index (χ4v) is 2.74. The van der Waals surface area contributed by atoms with Crippen LogP contribution in [0.15, 0.2) is 60.8 Å². The maximum atomic E-state index is 5.78. The van der Waals surface area contributed by atoms with Crippen LogP contribution in [0.2, 0.25) is 0 Å². The third-order valence-electron chi connectivity index (χ3n) is 3.76. The monoisotopic (exact) mass is 279 g/mol. The van der Waals surface area contributed by atoms with E-state index in [4.69, 9.17) is 5.73 Å². The summed E-state index contributed by atoms with van der Waals surface area (Å²) in [5.74, 6) is 0. The summed E-state index contributed by atoms with van der Waals surface area (Å²) in [6.45, 7) is 3.41. The summed E-state index contributed by atoms with van der Waals surface area (Å²) in [6.07, 6.45) is 2.11. The molecule has 3 aromatic rings. The van der Waals surface area contributed by atoms with E-state index in [0.717, 1.165) is 19.6 Å². The molecule has 1 aromatic heterocycles. The van der Waals surface area contributed by atoms with E-state index in [1.807, 2.05) is 0 Å². The number of nitrogens with zero attached hydrogens (tertiary/aromatic N) is 1. The molecule has 0 aliphatic carbocycles. The first-order chi connectivity index (χ1) is 10.4. The van der Waals surface area contributed by atoms with Crippen molar-refractivity contribution in [2.45, 2.75) is 13.1 Å².